The van der Waals surface area contributed by atoms with E-state index in [1.807, 2.05) is 24.8 Å². The van der Waals surface area contributed by atoms with Gasteiger partial charge in [-0.25, -0.2) is 9.59 Å². The highest BCUT2D eigenvalue weighted by Gasteiger charge is 2.36. The number of urea groups is 2. The number of amides is 4. The maximum absolute atomic E-state index is 13.0. The van der Waals surface area contributed by atoms with Gasteiger partial charge in [0.25, 0.3) is 5.56 Å². The smallest absolute Gasteiger partial charge is 0.321 e. The molecule has 2 atom stereocenters. The number of hydrogen-bond donors (Lipinski definition) is 3. The Morgan fingerprint density at radius 2 is 1.78 bits per heavy atom. The maximum atomic E-state index is 13.0. The molecular weight excluding hydrogens is 410 g/mol. The molecule has 2 aromatic rings. The zero-order valence-corrected chi connectivity index (χ0v) is 18.6. The number of likely N-dealkylation sites (tertiary alicyclic amines) is 1. The van der Waals surface area contributed by atoms with E-state index in [1.54, 1.807) is 42.0 Å². The number of hydrogen-bond acceptors (Lipinski definition) is 4. The Balaban J connectivity index is 1.47. The van der Waals surface area contributed by atoms with Crippen molar-refractivity contribution < 1.29 is 14.3 Å². The Morgan fingerprint density at radius 3 is 2.47 bits per heavy atom. The van der Waals surface area contributed by atoms with Crippen LogP contribution >= 0.6 is 0 Å². The fraction of sp³-hybridized carbons (Fsp3) is 0.435. The lowest BCUT2D eigenvalue weighted by molar-refractivity contribution is 0.139. The number of carbonyl (C=O) groups excluding carboxylic acids is 2. The van der Waals surface area contributed by atoms with Crippen molar-refractivity contribution in [1.29, 1.82) is 0 Å². The number of fused-ring (bicyclic) bond motifs is 4. The van der Waals surface area contributed by atoms with Crippen molar-refractivity contribution in [2.45, 2.75) is 38.8 Å². The molecule has 0 saturated carbocycles. The second kappa shape index (κ2) is 8.94. The van der Waals surface area contributed by atoms with Gasteiger partial charge in [0, 0.05) is 43.0 Å². The largest absolute Gasteiger partial charge is 0.497 e. The number of piperidine rings is 1. The number of aromatic nitrogens is 1. The minimum atomic E-state index is -0.393. The molecular formula is C23H29N5O4. The summed E-state index contributed by atoms with van der Waals surface area (Å²) in [6.07, 6.45) is 0.937. The van der Waals surface area contributed by atoms with Crippen LogP contribution < -0.4 is 26.2 Å². The van der Waals surface area contributed by atoms with E-state index in [0.717, 1.165) is 17.9 Å². The van der Waals surface area contributed by atoms with Crippen molar-refractivity contribution in [2.75, 3.05) is 30.8 Å². The second-order valence-electron chi connectivity index (χ2n) is 8.70. The minimum absolute atomic E-state index is 0.0233. The minimum Gasteiger partial charge on any atom is -0.497 e. The molecule has 1 aromatic carbocycles. The third-order valence-electron chi connectivity index (χ3n) is 5.90. The fourth-order valence-corrected chi connectivity index (χ4v) is 4.50. The molecule has 9 heteroatoms. The average Bonchev–Trinajstić information content (AvgIpc) is 2.76. The van der Waals surface area contributed by atoms with Crippen LogP contribution in [-0.4, -0.2) is 47.8 Å². The van der Waals surface area contributed by atoms with Gasteiger partial charge >= 0.3 is 12.1 Å². The molecule has 4 rings (SSSR count). The van der Waals surface area contributed by atoms with Gasteiger partial charge in [-0.3, -0.25) is 4.79 Å². The Labute approximate surface area is 186 Å². The number of nitrogens with zero attached hydrogens (tertiary/aromatic N) is 2. The molecule has 4 amide bonds. The molecule has 2 aliphatic heterocycles. The summed E-state index contributed by atoms with van der Waals surface area (Å²) in [7, 11) is 1.60. The van der Waals surface area contributed by atoms with E-state index < -0.39 is 6.03 Å². The molecule has 1 fully saturated rings. The van der Waals surface area contributed by atoms with Crippen LogP contribution in [0.15, 0.2) is 41.2 Å². The van der Waals surface area contributed by atoms with E-state index in [-0.39, 0.29) is 35.2 Å². The summed E-state index contributed by atoms with van der Waals surface area (Å²) in [6.45, 7) is 5.36. The van der Waals surface area contributed by atoms with E-state index in [4.69, 9.17) is 4.74 Å². The van der Waals surface area contributed by atoms with Crippen molar-refractivity contribution >= 4 is 23.4 Å². The summed E-state index contributed by atoms with van der Waals surface area (Å²) < 4.78 is 6.90. The third kappa shape index (κ3) is 4.56. The monoisotopic (exact) mass is 439 g/mol. The predicted molar refractivity (Wildman–Crippen MR) is 122 cm³/mol. The Hall–Kier alpha value is -3.49. The normalized spacial score (nSPS) is 19.2. The van der Waals surface area contributed by atoms with Gasteiger partial charge in [0.15, 0.2) is 0 Å². The number of methoxy groups -OCH3 is 1. The second-order valence-corrected chi connectivity index (χ2v) is 8.70. The summed E-state index contributed by atoms with van der Waals surface area (Å²) >= 11 is 0. The van der Waals surface area contributed by atoms with Gasteiger partial charge in [-0.2, -0.15) is 0 Å². The molecule has 3 heterocycles. The molecule has 0 radical (unpaired) electrons. The highest BCUT2D eigenvalue weighted by atomic mass is 16.5. The molecule has 9 nitrogen and oxygen atoms in total. The number of benzene rings is 1. The summed E-state index contributed by atoms with van der Waals surface area (Å²) in [4.78, 5) is 39.7. The van der Waals surface area contributed by atoms with Crippen LogP contribution in [0.1, 0.15) is 31.9 Å². The number of anilines is 2. The summed E-state index contributed by atoms with van der Waals surface area (Å²) in [5.74, 6) is 0.990. The number of nitrogens with one attached hydrogen (secondary N) is 3. The van der Waals surface area contributed by atoms with E-state index >= 15 is 0 Å². The van der Waals surface area contributed by atoms with Gasteiger partial charge in [-0.1, -0.05) is 0 Å². The van der Waals surface area contributed by atoms with E-state index in [2.05, 4.69) is 16.0 Å². The summed E-state index contributed by atoms with van der Waals surface area (Å²) in [5.41, 5.74) is 1.68. The Kier molecular flexibility index (Phi) is 6.07. The molecule has 170 valence electrons. The lowest BCUT2D eigenvalue weighted by atomic mass is 9.83. The van der Waals surface area contributed by atoms with Gasteiger partial charge < -0.3 is 30.2 Å². The quantitative estimate of drug-likeness (QED) is 0.681. The van der Waals surface area contributed by atoms with Gasteiger partial charge in [0.2, 0.25) is 0 Å². The van der Waals surface area contributed by atoms with E-state index in [0.29, 0.717) is 25.3 Å². The average molecular weight is 440 g/mol. The zero-order valence-electron chi connectivity index (χ0n) is 18.6. The number of carbonyl (C=O) groups is 2. The first kappa shape index (κ1) is 21.7. The van der Waals surface area contributed by atoms with Crippen LogP contribution in [-0.2, 0) is 6.54 Å². The van der Waals surface area contributed by atoms with Crippen molar-refractivity contribution in [3.8, 4) is 5.75 Å². The molecule has 2 bridgehead atoms. The first-order valence-electron chi connectivity index (χ1n) is 10.8. The van der Waals surface area contributed by atoms with Crippen molar-refractivity contribution in [3.63, 3.8) is 0 Å². The predicted octanol–water partition coefficient (Wildman–Crippen LogP) is 3.04. The van der Waals surface area contributed by atoms with Crippen molar-refractivity contribution in [3.05, 3.63) is 52.4 Å². The molecule has 0 unspecified atom stereocenters. The molecule has 0 spiro atoms. The fourth-order valence-electron chi connectivity index (χ4n) is 4.50. The first-order chi connectivity index (χ1) is 15.3. The topological polar surface area (TPSA) is 105 Å². The lowest BCUT2D eigenvalue weighted by Crippen LogP contribution is -2.50. The van der Waals surface area contributed by atoms with Crippen molar-refractivity contribution in [1.82, 2.24) is 14.8 Å². The molecule has 1 aromatic heterocycles. The standard InChI is InChI=1S/C23H29N5O4/c1-14(2)24-22(30)26-19-8-9-20-16-10-15(12-28(20)21(19)29)11-27(13-16)23(31)25-17-4-6-18(32-3)7-5-17/h4-9,14-16H,10-13H2,1-3H3,(H,25,31)(H2,24,26,30)/t15-,16-/m1/s1. The highest BCUT2D eigenvalue weighted by Crippen LogP contribution is 2.35. The van der Waals surface area contributed by atoms with Gasteiger partial charge in [-0.05, 0) is 62.6 Å². The molecule has 3 N–H and O–H groups in total. The molecule has 1 saturated heterocycles. The van der Waals surface area contributed by atoms with Crippen LogP contribution in [0.2, 0.25) is 0 Å². The number of pyridine rings is 1. The van der Waals surface area contributed by atoms with E-state index in [1.165, 1.54) is 0 Å². The maximum Gasteiger partial charge on any atom is 0.321 e. The molecule has 0 aliphatic carbocycles. The zero-order chi connectivity index (χ0) is 22.8. The van der Waals surface area contributed by atoms with Gasteiger partial charge in [-0.15, -0.1) is 0 Å². The number of ether oxygens (including phenoxy) is 1. The van der Waals surface area contributed by atoms with Gasteiger partial charge in [0.1, 0.15) is 11.4 Å². The van der Waals surface area contributed by atoms with Crippen LogP contribution in [0.5, 0.6) is 5.75 Å². The van der Waals surface area contributed by atoms with Crippen molar-refractivity contribution in [2.24, 2.45) is 5.92 Å². The third-order valence-corrected chi connectivity index (χ3v) is 5.90. The van der Waals surface area contributed by atoms with Gasteiger partial charge in [0.05, 0.1) is 7.11 Å². The van der Waals surface area contributed by atoms with Crippen LogP contribution in [0.25, 0.3) is 0 Å². The summed E-state index contributed by atoms with van der Waals surface area (Å²) in [6, 6.07) is 10.2. The van der Waals surface area contributed by atoms with E-state index in [9.17, 15) is 14.4 Å². The number of rotatable bonds is 4. The summed E-state index contributed by atoms with van der Waals surface area (Å²) in [5, 5.41) is 8.32. The first-order valence-corrected chi connectivity index (χ1v) is 10.8. The van der Waals surface area contributed by atoms with Crippen LogP contribution in [0.3, 0.4) is 0 Å². The van der Waals surface area contributed by atoms with Crippen LogP contribution in [0, 0.1) is 5.92 Å². The highest BCUT2D eigenvalue weighted by molar-refractivity contribution is 5.90. The Bertz CT molecular complexity index is 1060. The molecule has 32 heavy (non-hydrogen) atoms. The SMILES string of the molecule is COc1ccc(NC(=O)N2C[C@H]3C[C@H](C2)c2ccc(NC(=O)NC(C)C)c(=O)n2C3)cc1. The lowest BCUT2D eigenvalue weighted by Gasteiger charge is -2.42. The Morgan fingerprint density at radius 1 is 1.03 bits per heavy atom. The molecule has 2 aliphatic rings. The van der Waals surface area contributed by atoms with Crippen LogP contribution in [0.4, 0.5) is 21.0 Å².